The number of nitrogens with one attached hydrogen (secondary N) is 1. The Morgan fingerprint density at radius 1 is 1.33 bits per heavy atom. The molecule has 1 N–H and O–H groups in total. The van der Waals surface area contributed by atoms with Crippen LogP contribution in [0.5, 0.6) is 0 Å². The van der Waals surface area contributed by atoms with Crippen LogP contribution in [0.3, 0.4) is 0 Å². The fourth-order valence-electron chi connectivity index (χ4n) is 2.23. The van der Waals surface area contributed by atoms with E-state index in [9.17, 15) is 0 Å². The summed E-state index contributed by atoms with van der Waals surface area (Å²) in [5, 5.41) is 3.55. The van der Waals surface area contributed by atoms with E-state index >= 15 is 0 Å². The maximum absolute atomic E-state index is 3.55. The second-order valence-corrected chi connectivity index (χ2v) is 4.17. The van der Waals surface area contributed by atoms with Crippen LogP contribution in [0.15, 0.2) is 30.3 Å². The van der Waals surface area contributed by atoms with Gasteiger partial charge < -0.3 is 10.2 Å². The molecular formula is C13H20N2. The maximum atomic E-state index is 3.55. The van der Waals surface area contributed by atoms with E-state index in [4.69, 9.17) is 0 Å². The molecule has 1 atom stereocenters. The molecule has 1 heterocycles. The van der Waals surface area contributed by atoms with Gasteiger partial charge in [0.2, 0.25) is 0 Å². The lowest BCUT2D eigenvalue weighted by Crippen LogP contribution is -2.37. The lowest BCUT2D eigenvalue weighted by atomic mass is 10.2. The van der Waals surface area contributed by atoms with Crippen LogP contribution in [0.2, 0.25) is 0 Å². The summed E-state index contributed by atoms with van der Waals surface area (Å²) in [5.74, 6) is 0. The second-order valence-electron chi connectivity index (χ2n) is 4.17. The first-order valence-corrected chi connectivity index (χ1v) is 5.93. The first-order valence-electron chi connectivity index (χ1n) is 5.93. The van der Waals surface area contributed by atoms with Gasteiger partial charge in [-0.2, -0.15) is 0 Å². The van der Waals surface area contributed by atoms with Crippen LogP contribution in [0.4, 0.5) is 5.69 Å². The van der Waals surface area contributed by atoms with E-state index in [0.29, 0.717) is 6.04 Å². The largest absolute Gasteiger partial charge is 0.370 e. The van der Waals surface area contributed by atoms with E-state index < -0.39 is 0 Å². The maximum Gasteiger partial charge on any atom is 0.0366 e. The number of anilines is 1. The van der Waals surface area contributed by atoms with Gasteiger partial charge in [-0.05, 0) is 38.4 Å². The molecule has 1 saturated heterocycles. The second kappa shape index (κ2) is 5.17. The van der Waals surface area contributed by atoms with Gasteiger partial charge in [-0.3, -0.25) is 0 Å². The van der Waals surface area contributed by atoms with Crippen molar-refractivity contribution in [3.8, 4) is 0 Å². The molecule has 0 bridgehead atoms. The summed E-state index contributed by atoms with van der Waals surface area (Å²) in [6.07, 6.45) is 2.65. The van der Waals surface area contributed by atoms with Gasteiger partial charge in [-0.15, -0.1) is 0 Å². The van der Waals surface area contributed by atoms with Gasteiger partial charge in [-0.25, -0.2) is 0 Å². The van der Waals surface area contributed by atoms with Crippen LogP contribution in [-0.2, 0) is 0 Å². The molecule has 82 valence electrons. The number of benzene rings is 1. The highest BCUT2D eigenvalue weighted by molar-refractivity contribution is 5.45. The van der Waals surface area contributed by atoms with Crippen LogP contribution < -0.4 is 10.2 Å². The Balaban J connectivity index is 1.97. The Bertz CT molecular complexity index is 278. The SMILES string of the molecule is CCN(C[C@H]1CCCN1)c1ccccc1. The quantitative estimate of drug-likeness (QED) is 0.809. The topological polar surface area (TPSA) is 15.3 Å². The van der Waals surface area contributed by atoms with Gasteiger partial charge in [0.25, 0.3) is 0 Å². The third-order valence-corrected chi connectivity index (χ3v) is 3.11. The van der Waals surface area contributed by atoms with E-state index in [2.05, 4.69) is 47.5 Å². The van der Waals surface area contributed by atoms with Crippen molar-refractivity contribution in [1.82, 2.24) is 5.32 Å². The van der Waals surface area contributed by atoms with Crippen LogP contribution in [0, 0.1) is 0 Å². The molecule has 0 amide bonds. The highest BCUT2D eigenvalue weighted by atomic mass is 15.2. The van der Waals surface area contributed by atoms with Crippen molar-refractivity contribution >= 4 is 5.69 Å². The molecule has 1 aliphatic rings. The average Bonchev–Trinajstić information content (AvgIpc) is 2.80. The van der Waals surface area contributed by atoms with E-state index in [1.165, 1.54) is 25.1 Å². The Hall–Kier alpha value is -1.02. The van der Waals surface area contributed by atoms with Crippen molar-refractivity contribution in [2.24, 2.45) is 0 Å². The van der Waals surface area contributed by atoms with E-state index in [0.717, 1.165) is 13.1 Å². The first-order chi connectivity index (χ1) is 7.40. The predicted octanol–water partition coefficient (Wildman–Crippen LogP) is 2.26. The lowest BCUT2D eigenvalue weighted by Gasteiger charge is -2.26. The smallest absolute Gasteiger partial charge is 0.0366 e. The zero-order valence-corrected chi connectivity index (χ0v) is 9.45. The lowest BCUT2D eigenvalue weighted by molar-refractivity contribution is 0.587. The standard InChI is InChI=1S/C13H20N2/c1-2-15(11-12-7-6-10-14-12)13-8-4-3-5-9-13/h3-5,8-9,12,14H,2,6-7,10-11H2,1H3/t12-/m1/s1. The number of nitrogens with zero attached hydrogens (tertiary/aromatic N) is 1. The molecule has 15 heavy (non-hydrogen) atoms. The molecule has 2 heteroatoms. The third kappa shape index (κ3) is 2.72. The molecular weight excluding hydrogens is 184 g/mol. The van der Waals surface area contributed by atoms with Crippen LogP contribution in [-0.4, -0.2) is 25.7 Å². The zero-order chi connectivity index (χ0) is 10.5. The first kappa shape index (κ1) is 10.5. The van der Waals surface area contributed by atoms with Gasteiger partial charge in [0.15, 0.2) is 0 Å². The summed E-state index contributed by atoms with van der Waals surface area (Å²) in [6.45, 7) is 5.64. The molecule has 2 nitrogen and oxygen atoms in total. The molecule has 1 aromatic rings. The minimum absolute atomic E-state index is 0.685. The van der Waals surface area contributed by atoms with Crippen LogP contribution in [0.25, 0.3) is 0 Å². The summed E-state index contributed by atoms with van der Waals surface area (Å²) in [7, 11) is 0. The van der Waals surface area contributed by atoms with Gasteiger partial charge in [-0.1, -0.05) is 18.2 Å². The van der Waals surface area contributed by atoms with Crippen molar-refractivity contribution in [2.75, 3.05) is 24.5 Å². The van der Waals surface area contributed by atoms with Crippen molar-refractivity contribution in [3.63, 3.8) is 0 Å². The van der Waals surface area contributed by atoms with Crippen molar-refractivity contribution in [2.45, 2.75) is 25.8 Å². The molecule has 0 radical (unpaired) electrons. The molecule has 1 aliphatic heterocycles. The number of rotatable bonds is 4. The van der Waals surface area contributed by atoms with Crippen LogP contribution >= 0.6 is 0 Å². The van der Waals surface area contributed by atoms with Crippen molar-refractivity contribution in [1.29, 1.82) is 0 Å². The molecule has 0 aliphatic carbocycles. The predicted molar refractivity (Wildman–Crippen MR) is 65.4 cm³/mol. The Kier molecular flexibility index (Phi) is 3.62. The summed E-state index contributed by atoms with van der Waals surface area (Å²) in [6, 6.07) is 11.4. The summed E-state index contributed by atoms with van der Waals surface area (Å²) >= 11 is 0. The Morgan fingerprint density at radius 3 is 2.73 bits per heavy atom. The highest BCUT2D eigenvalue weighted by Crippen LogP contribution is 2.15. The molecule has 0 aromatic heterocycles. The highest BCUT2D eigenvalue weighted by Gasteiger charge is 2.16. The fourth-order valence-corrected chi connectivity index (χ4v) is 2.23. The summed E-state index contributed by atoms with van der Waals surface area (Å²) in [4.78, 5) is 2.45. The molecule has 2 rings (SSSR count). The summed E-state index contributed by atoms with van der Waals surface area (Å²) < 4.78 is 0. The average molecular weight is 204 g/mol. The van der Waals surface area contributed by atoms with E-state index in [-0.39, 0.29) is 0 Å². The zero-order valence-electron chi connectivity index (χ0n) is 9.45. The monoisotopic (exact) mass is 204 g/mol. The minimum Gasteiger partial charge on any atom is -0.370 e. The van der Waals surface area contributed by atoms with Crippen molar-refractivity contribution in [3.05, 3.63) is 30.3 Å². The molecule has 0 unspecified atom stereocenters. The minimum atomic E-state index is 0.685. The molecule has 0 saturated carbocycles. The number of hydrogen-bond acceptors (Lipinski definition) is 2. The molecule has 1 aromatic carbocycles. The van der Waals surface area contributed by atoms with Gasteiger partial charge >= 0.3 is 0 Å². The van der Waals surface area contributed by atoms with E-state index in [1.54, 1.807) is 0 Å². The Labute approximate surface area is 92.3 Å². The summed E-state index contributed by atoms with van der Waals surface area (Å²) in [5.41, 5.74) is 1.34. The van der Waals surface area contributed by atoms with Gasteiger partial charge in [0.05, 0.1) is 0 Å². The number of likely N-dealkylation sites (N-methyl/N-ethyl adjacent to an activating group) is 1. The Morgan fingerprint density at radius 2 is 2.13 bits per heavy atom. The van der Waals surface area contributed by atoms with E-state index in [1.807, 2.05) is 0 Å². The molecule has 0 spiro atoms. The number of hydrogen-bond donors (Lipinski definition) is 1. The third-order valence-electron chi connectivity index (χ3n) is 3.11. The number of para-hydroxylation sites is 1. The van der Waals surface area contributed by atoms with Crippen molar-refractivity contribution < 1.29 is 0 Å². The van der Waals surface area contributed by atoms with Gasteiger partial charge in [0, 0.05) is 24.8 Å². The van der Waals surface area contributed by atoms with Gasteiger partial charge in [0.1, 0.15) is 0 Å². The van der Waals surface area contributed by atoms with Crippen LogP contribution in [0.1, 0.15) is 19.8 Å². The fraction of sp³-hybridized carbons (Fsp3) is 0.538. The normalized spacial score (nSPS) is 20.5. The molecule has 1 fully saturated rings.